The fourth-order valence-corrected chi connectivity index (χ4v) is 8.95. The average Bonchev–Trinajstić information content (AvgIpc) is 3.08. The summed E-state index contributed by atoms with van der Waals surface area (Å²) < 4.78 is 22.4. The van der Waals surface area contributed by atoms with E-state index in [2.05, 4.69) is 0 Å². The summed E-state index contributed by atoms with van der Waals surface area (Å²) in [6, 6.07) is 0. The molecule has 3 saturated carbocycles. The van der Waals surface area contributed by atoms with Crippen LogP contribution in [0.15, 0.2) is 23.8 Å². The van der Waals surface area contributed by atoms with Gasteiger partial charge in [-0.1, -0.05) is 32.4 Å². The van der Waals surface area contributed by atoms with E-state index in [-0.39, 0.29) is 101 Å². The molecule has 8 atom stereocenters. The zero-order chi connectivity index (χ0) is 28.3. The standard InChI is InChI=1S/C26H35O11P.2Na.2H/c1-14-10-16-17-7-9-26(37-38(33,34)35,20(29)13-36-22(32)5-4-21(30)31)25(17,3)12-19(28)23(16)24(2)8-6-15(27)11-18(14)24;;;;/h6,8,11,14,16-17,19,23,28H,4-5,7,9-10,12-13H2,1-3H3,(H,30,31)(H2,33,34,35);;;;/t14-,16-,17-,19-,23+,24-,25-,26-;;;;/m0..../s1. The summed E-state index contributed by atoms with van der Waals surface area (Å²) in [5.41, 5.74) is -2.84. The van der Waals surface area contributed by atoms with E-state index in [9.17, 15) is 38.6 Å². The van der Waals surface area contributed by atoms with Gasteiger partial charge >= 0.3 is 78.9 Å². The first-order valence-corrected chi connectivity index (χ1v) is 14.4. The van der Waals surface area contributed by atoms with Crippen molar-refractivity contribution in [2.24, 2.45) is 34.5 Å². The monoisotopic (exact) mass is 602 g/mol. The van der Waals surface area contributed by atoms with Gasteiger partial charge in [0, 0.05) is 16.7 Å². The molecule has 14 heteroatoms. The number of hydrogen-bond donors (Lipinski definition) is 4. The average molecular weight is 603 g/mol. The Morgan fingerprint density at radius 1 is 1.15 bits per heavy atom. The van der Waals surface area contributed by atoms with Gasteiger partial charge in [0.25, 0.3) is 0 Å². The molecule has 4 rings (SSSR count). The number of hydrogen-bond acceptors (Lipinski definition) is 8. The van der Waals surface area contributed by atoms with Crippen LogP contribution < -0.4 is 0 Å². The number of phosphoric acid groups is 1. The number of carbonyl (C=O) groups is 4. The normalized spacial score (nSPS) is 38.0. The van der Waals surface area contributed by atoms with Crippen molar-refractivity contribution in [1.29, 1.82) is 0 Å². The second-order valence-corrected chi connectivity index (χ2v) is 12.8. The molecule has 0 radical (unpaired) electrons. The Kier molecular flexibility index (Phi) is 11.5. The number of carboxylic acids is 1. The topological polar surface area (TPSA) is 185 Å². The molecular formula is C26H37Na2O11P. The van der Waals surface area contributed by atoms with Gasteiger partial charge in [0.1, 0.15) is 5.60 Å². The minimum atomic E-state index is -5.20. The minimum absolute atomic E-state index is 0. The molecular weight excluding hydrogens is 565 g/mol. The van der Waals surface area contributed by atoms with Crippen molar-refractivity contribution in [1.82, 2.24) is 0 Å². The summed E-state index contributed by atoms with van der Waals surface area (Å²) in [4.78, 5) is 68.1. The van der Waals surface area contributed by atoms with E-state index in [1.54, 1.807) is 13.0 Å². The number of carbonyl (C=O) groups excluding carboxylic acids is 3. The zero-order valence-corrected chi connectivity index (χ0v) is 22.6. The van der Waals surface area contributed by atoms with Crippen LogP contribution in [-0.4, -0.2) is 121 Å². The molecule has 0 heterocycles. The quantitative estimate of drug-likeness (QED) is 0.177. The van der Waals surface area contributed by atoms with Crippen LogP contribution in [0, 0.1) is 34.5 Å². The van der Waals surface area contributed by atoms with E-state index in [0.29, 0.717) is 12.8 Å². The van der Waals surface area contributed by atoms with Gasteiger partial charge in [-0.3, -0.25) is 23.7 Å². The molecule has 3 fully saturated rings. The second-order valence-electron chi connectivity index (χ2n) is 11.7. The molecule has 40 heavy (non-hydrogen) atoms. The molecule has 11 nitrogen and oxygen atoms in total. The number of esters is 1. The Balaban J connectivity index is 0.00000280. The van der Waals surface area contributed by atoms with Crippen LogP contribution >= 0.6 is 7.82 Å². The summed E-state index contributed by atoms with van der Waals surface area (Å²) in [5, 5.41) is 20.3. The summed E-state index contributed by atoms with van der Waals surface area (Å²) in [6.45, 7) is 4.87. The van der Waals surface area contributed by atoms with Crippen molar-refractivity contribution in [3.63, 3.8) is 0 Å². The number of aliphatic hydroxyl groups is 1. The van der Waals surface area contributed by atoms with Crippen LogP contribution in [0.2, 0.25) is 0 Å². The van der Waals surface area contributed by atoms with E-state index >= 15 is 0 Å². The number of aliphatic hydroxyl groups excluding tert-OH is 1. The number of rotatable bonds is 8. The first-order valence-electron chi connectivity index (χ1n) is 12.8. The fraction of sp³-hybridized carbons (Fsp3) is 0.692. The first kappa shape index (κ1) is 36.0. The molecule has 0 unspecified atom stereocenters. The molecule has 0 bridgehead atoms. The van der Waals surface area contributed by atoms with Crippen molar-refractivity contribution in [2.45, 2.75) is 71.0 Å². The van der Waals surface area contributed by atoms with E-state index in [0.717, 1.165) is 5.57 Å². The van der Waals surface area contributed by atoms with Gasteiger partial charge in [-0.25, -0.2) is 4.57 Å². The SMILES string of the molecule is C[C@H]1C[C@@H]2[C@H]([C@@H](O)C[C@@]3(C)[C@H]2CC[C@]3(OP(=O)(O)O)C(=O)COC(=O)CCC(=O)O)[C@@]2(C)C=CC(=O)C=C12.[NaH].[NaH]. The Hall–Kier alpha value is -0.170. The molecule has 0 saturated heterocycles. The van der Waals surface area contributed by atoms with Crippen molar-refractivity contribution in [3.05, 3.63) is 23.8 Å². The third-order valence-corrected chi connectivity index (χ3v) is 10.1. The second kappa shape index (κ2) is 12.8. The molecule has 0 spiro atoms. The first-order chi connectivity index (χ1) is 17.5. The van der Waals surface area contributed by atoms with Crippen molar-refractivity contribution in [2.75, 3.05) is 6.61 Å². The van der Waals surface area contributed by atoms with Crippen LogP contribution in [0.1, 0.15) is 59.3 Å². The number of aliphatic carboxylic acids is 1. The molecule has 4 aliphatic rings. The van der Waals surface area contributed by atoms with Gasteiger partial charge in [-0.05, 0) is 55.6 Å². The number of carboxylic acid groups (broad SMARTS) is 1. The third kappa shape index (κ3) is 6.36. The van der Waals surface area contributed by atoms with Crippen molar-refractivity contribution in [3.8, 4) is 0 Å². The van der Waals surface area contributed by atoms with Gasteiger partial charge < -0.3 is 24.7 Å². The summed E-state index contributed by atoms with van der Waals surface area (Å²) in [7, 11) is -5.20. The van der Waals surface area contributed by atoms with Crippen molar-refractivity contribution >= 4 is 90.4 Å². The third-order valence-electron chi connectivity index (χ3n) is 9.57. The van der Waals surface area contributed by atoms with Crippen molar-refractivity contribution < 1.29 is 53.0 Å². The van der Waals surface area contributed by atoms with E-state index in [1.165, 1.54) is 6.08 Å². The van der Waals surface area contributed by atoms with Gasteiger partial charge in [0.15, 0.2) is 12.4 Å². The predicted molar refractivity (Wildman–Crippen MR) is 146 cm³/mol. The van der Waals surface area contributed by atoms with E-state index in [1.807, 2.05) is 19.9 Å². The molecule has 214 valence electrons. The number of allylic oxidation sites excluding steroid dienone is 4. The maximum absolute atomic E-state index is 13.6. The van der Waals surface area contributed by atoms with Crippen LogP contribution in [0.4, 0.5) is 0 Å². The van der Waals surface area contributed by atoms with Crippen LogP contribution in [0.5, 0.6) is 0 Å². The van der Waals surface area contributed by atoms with Crippen LogP contribution in [0.3, 0.4) is 0 Å². The Bertz CT molecular complexity index is 1170. The van der Waals surface area contributed by atoms with Gasteiger partial charge in [-0.15, -0.1) is 0 Å². The predicted octanol–water partition coefficient (Wildman–Crippen LogP) is 1.04. The molecule has 4 N–H and O–H groups in total. The number of ether oxygens (including phenoxy) is 1. The van der Waals surface area contributed by atoms with Gasteiger partial charge in [0.05, 0.1) is 18.9 Å². The molecule has 4 aliphatic carbocycles. The summed E-state index contributed by atoms with van der Waals surface area (Å²) >= 11 is 0. The summed E-state index contributed by atoms with van der Waals surface area (Å²) in [6.07, 6.45) is 4.07. The maximum atomic E-state index is 13.6. The number of fused-ring (bicyclic) bond motifs is 5. The Morgan fingerprint density at radius 2 is 1.80 bits per heavy atom. The van der Waals surface area contributed by atoms with Gasteiger partial charge in [-0.2, -0.15) is 0 Å². The molecule has 0 aliphatic heterocycles. The van der Waals surface area contributed by atoms with Gasteiger partial charge in [0.2, 0.25) is 5.78 Å². The Labute approximate surface area is 277 Å². The van der Waals surface area contributed by atoms with Crippen LogP contribution in [0.25, 0.3) is 0 Å². The Morgan fingerprint density at radius 3 is 2.40 bits per heavy atom. The van der Waals surface area contributed by atoms with E-state index < -0.39 is 67.5 Å². The zero-order valence-electron chi connectivity index (χ0n) is 21.7. The van der Waals surface area contributed by atoms with Crippen LogP contribution in [-0.2, 0) is 33.0 Å². The molecule has 0 aromatic rings. The number of phosphoric ester groups is 1. The van der Waals surface area contributed by atoms with E-state index in [4.69, 9.17) is 14.4 Å². The molecule has 0 amide bonds. The summed E-state index contributed by atoms with van der Waals surface area (Å²) in [5.74, 6) is -3.72. The molecule has 0 aromatic heterocycles. The number of ketones is 2. The molecule has 0 aromatic carbocycles. The fourth-order valence-electron chi connectivity index (χ4n) is 8.14. The number of Topliss-reactive ketones (excluding diaryl/α,β-unsaturated/α-hetero) is 1.